The zero-order valence-electron chi connectivity index (χ0n) is 17.6. The summed E-state index contributed by atoms with van der Waals surface area (Å²) in [6, 6.07) is 11.1. The number of aryl methyl sites for hydroxylation is 1. The average Bonchev–Trinajstić information content (AvgIpc) is 3.35. The first kappa shape index (κ1) is 23.3. The Morgan fingerprint density at radius 3 is 2.71 bits per heavy atom. The molecule has 164 valence electrons. The minimum atomic E-state index is -0.238. The number of aromatic nitrogens is 1. The van der Waals surface area contributed by atoms with Gasteiger partial charge in [0.15, 0.2) is 22.2 Å². The van der Waals surface area contributed by atoms with Crippen LogP contribution in [0.4, 0.5) is 5.13 Å². The molecule has 0 atom stereocenters. The van der Waals surface area contributed by atoms with Crippen molar-refractivity contribution in [1.82, 2.24) is 9.88 Å². The molecule has 0 unspecified atom stereocenters. The molecule has 2 aromatic carbocycles. The molecule has 4 rings (SSSR count). The van der Waals surface area contributed by atoms with Crippen molar-refractivity contribution in [3.05, 3.63) is 52.7 Å². The second-order valence-corrected chi connectivity index (χ2v) is 8.68. The predicted molar refractivity (Wildman–Crippen MR) is 130 cm³/mol. The van der Waals surface area contributed by atoms with Crippen molar-refractivity contribution in [2.24, 2.45) is 0 Å². The number of carbonyl (C=O) groups excluding carboxylic acids is 1. The molecule has 0 aliphatic rings. The Morgan fingerprint density at radius 2 is 2.00 bits per heavy atom. The van der Waals surface area contributed by atoms with Crippen LogP contribution < -0.4 is 9.64 Å². The van der Waals surface area contributed by atoms with E-state index >= 15 is 0 Å². The molecule has 0 aliphatic carbocycles. The summed E-state index contributed by atoms with van der Waals surface area (Å²) >= 11 is 7.73. The van der Waals surface area contributed by atoms with Crippen LogP contribution in [0.3, 0.4) is 0 Å². The Labute approximate surface area is 195 Å². The standard InChI is InChI=1S/C22H22ClN3O3S.ClH/c1-13-15(23)8-9-18-19(13)24-22(30-18)26(11-10-25(2)3)21(27)17-12-14-6-5-7-16(28-4)20(14)29-17;/h5-9,12H,10-11H2,1-4H3;1H. The highest BCUT2D eigenvalue weighted by Gasteiger charge is 2.25. The van der Waals surface area contributed by atoms with Crippen LogP contribution in [0.2, 0.25) is 5.02 Å². The summed E-state index contributed by atoms with van der Waals surface area (Å²) in [4.78, 5) is 21.9. The maximum atomic E-state index is 13.5. The fraction of sp³-hybridized carbons (Fsp3) is 0.273. The Balaban J connectivity index is 0.00000272. The van der Waals surface area contributed by atoms with Crippen LogP contribution in [0.1, 0.15) is 16.1 Å². The lowest BCUT2D eigenvalue weighted by atomic mass is 10.2. The SMILES string of the molecule is COc1cccc2cc(C(=O)N(CCN(C)C)c3nc4c(C)c(Cl)ccc4s3)oc12.Cl. The molecule has 0 saturated heterocycles. The number of ether oxygens (including phenoxy) is 1. The van der Waals surface area contributed by atoms with Gasteiger partial charge in [-0.3, -0.25) is 9.69 Å². The number of amides is 1. The highest BCUT2D eigenvalue weighted by atomic mass is 35.5. The minimum absolute atomic E-state index is 0. The number of benzene rings is 2. The predicted octanol–water partition coefficient (Wildman–Crippen LogP) is 5.64. The molecule has 0 spiro atoms. The Bertz CT molecular complexity index is 1240. The number of halogens is 2. The Hall–Kier alpha value is -2.32. The third-order valence-electron chi connectivity index (χ3n) is 4.92. The first-order valence-corrected chi connectivity index (χ1v) is 10.7. The van der Waals surface area contributed by atoms with Gasteiger partial charge in [0.1, 0.15) is 0 Å². The largest absolute Gasteiger partial charge is 0.493 e. The first-order valence-electron chi connectivity index (χ1n) is 9.48. The topological polar surface area (TPSA) is 58.8 Å². The molecule has 4 aromatic rings. The van der Waals surface area contributed by atoms with E-state index in [1.165, 1.54) is 11.3 Å². The molecule has 31 heavy (non-hydrogen) atoms. The van der Waals surface area contributed by atoms with Gasteiger partial charge in [0, 0.05) is 23.5 Å². The van der Waals surface area contributed by atoms with Crippen molar-refractivity contribution in [3.63, 3.8) is 0 Å². The zero-order chi connectivity index (χ0) is 21.4. The molecule has 1 amide bonds. The van der Waals surface area contributed by atoms with E-state index in [1.807, 2.05) is 56.3 Å². The number of hydrogen-bond acceptors (Lipinski definition) is 6. The van der Waals surface area contributed by atoms with Gasteiger partial charge in [-0.2, -0.15) is 0 Å². The number of likely N-dealkylation sites (N-methyl/N-ethyl adjacent to an activating group) is 1. The van der Waals surface area contributed by atoms with Crippen LogP contribution in [0, 0.1) is 6.92 Å². The highest BCUT2D eigenvalue weighted by molar-refractivity contribution is 7.22. The van der Waals surface area contributed by atoms with Crippen LogP contribution in [0.15, 0.2) is 40.8 Å². The molecule has 0 saturated carbocycles. The van der Waals surface area contributed by atoms with Gasteiger partial charge in [-0.25, -0.2) is 4.98 Å². The zero-order valence-corrected chi connectivity index (χ0v) is 20.0. The van der Waals surface area contributed by atoms with Crippen molar-refractivity contribution in [1.29, 1.82) is 0 Å². The number of nitrogens with zero attached hydrogens (tertiary/aromatic N) is 3. The van der Waals surface area contributed by atoms with Crippen molar-refractivity contribution >= 4 is 67.6 Å². The quantitative estimate of drug-likeness (QED) is 0.357. The van der Waals surface area contributed by atoms with E-state index in [9.17, 15) is 4.79 Å². The molecule has 2 aromatic heterocycles. The normalized spacial score (nSPS) is 11.2. The number of methoxy groups -OCH3 is 1. The Morgan fingerprint density at radius 1 is 1.23 bits per heavy atom. The van der Waals surface area contributed by atoms with E-state index in [2.05, 4.69) is 0 Å². The summed E-state index contributed by atoms with van der Waals surface area (Å²) in [5.41, 5.74) is 2.28. The summed E-state index contributed by atoms with van der Waals surface area (Å²) < 4.78 is 12.3. The minimum Gasteiger partial charge on any atom is -0.493 e. The van der Waals surface area contributed by atoms with Gasteiger partial charge in [-0.1, -0.05) is 35.1 Å². The lowest BCUT2D eigenvalue weighted by Gasteiger charge is -2.20. The fourth-order valence-corrected chi connectivity index (χ4v) is 4.43. The van der Waals surface area contributed by atoms with Crippen LogP contribution in [-0.2, 0) is 0 Å². The summed E-state index contributed by atoms with van der Waals surface area (Å²) in [6.07, 6.45) is 0. The maximum Gasteiger partial charge on any atom is 0.295 e. The van der Waals surface area contributed by atoms with Crippen LogP contribution in [0.5, 0.6) is 5.75 Å². The molecule has 9 heteroatoms. The molecular weight excluding hydrogens is 457 g/mol. The summed E-state index contributed by atoms with van der Waals surface area (Å²) in [5, 5.41) is 2.10. The first-order chi connectivity index (χ1) is 14.4. The number of furan rings is 1. The number of thiazole rings is 1. The van der Waals surface area contributed by atoms with E-state index < -0.39 is 0 Å². The van der Waals surface area contributed by atoms with Crippen molar-refractivity contribution in [3.8, 4) is 5.75 Å². The molecule has 6 nitrogen and oxygen atoms in total. The van der Waals surface area contributed by atoms with E-state index in [1.54, 1.807) is 18.1 Å². The van der Waals surface area contributed by atoms with Crippen LogP contribution in [0.25, 0.3) is 21.2 Å². The number of hydrogen-bond donors (Lipinski definition) is 0. The van der Waals surface area contributed by atoms with Gasteiger partial charge in [-0.05, 0) is 50.8 Å². The van der Waals surface area contributed by atoms with E-state index in [4.69, 9.17) is 25.7 Å². The second kappa shape index (κ2) is 9.44. The fourth-order valence-electron chi connectivity index (χ4n) is 3.22. The van der Waals surface area contributed by atoms with Crippen molar-refractivity contribution in [2.75, 3.05) is 39.2 Å². The summed E-state index contributed by atoms with van der Waals surface area (Å²) in [6.45, 7) is 3.10. The van der Waals surface area contributed by atoms with E-state index in [0.29, 0.717) is 34.6 Å². The average molecular weight is 480 g/mol. The molecule has 0 fully saturated rings. The lowest BCUT2D eigenvalue weighted by Crippen LogP contribution is -2.36. The van der Waals surface area contributed by atoms with Crippen LogP contribution >= 0.6 is 35.3 Å². The lowest BCUT2D eigenvalue weighted by molar-refractivity contribution is 0.0960. The summed E-state index contributed by atoms with van der Waals surface area (Å²) in [7, 11) is 5.52. The number of para-hydroxylation sites is 1. The third kappa shape index (κ3) is 4.50. The van der Waals surface area contributed by atoms with Gasteiger partial charge in [0.2, 0.25) is 0 Å². The molecular formula is C22H23Cl2N3O3S. The number of rotatable bonds is 6. The van der Waals surface area contributed by atoms with Crippen molar-refractivity contribution < 1.29 is 13.9 Å². The van der Waals surface area contributed by atoms with Crippen molar-refractivity contribution in [2.45, 2.75) is 6.92 Å². The van der Waals surface area contributed by atoms with Gasteiger partial charge in [-0.15, -0.1) is 12.4 Å². The van der Waals surface area contributed by atoms with E-state index in [-0.39, 0.29) is 24.1 Å². The number of carbonyl (C=O) groups is 1. The number of fused-ring (bicyclic) bond motifs is 2. The van der Waals surface area contributed by atoms with Gasteiger partial charge in [0.05, 0.1) is 17.3 Å². The molecule has 2 heterocycles. The monoisotopic (exact) mass is 479 g/mol. The van der Waals surface area contributed by atoms with Gasteiger partial charge < -0.3 is 14.1 Å². The van der Waals surface area contributed by atoms with Gasteiger partial charge in [0.25, 0.3) is 5.91 Å². The van der Waals surface area contributed by atoms with E-state index in [0.717, 1.165) is 21.2 Å². The second-order valence-electron chi connectivity index (χ2n) is 7.26. The summed E-state index contributed by atoms with van der Waals surface area (Å²) in [5.74, 6) is 0.608. The molecule has 0 N–H and O–H groups in total. The smallest absolute Gasteiger partial charge is 0.295 e. The van der Waals surface area contributed by atoms with Crippen LogP contribution in [-0.4, -0.2) is 50.1 Å². The maximum absolute atomic E-state index is 13.5. The molecule has 0 radical (unpaired) electrons. The molecule has 0 aliphatic heterocycles. The number of anilines is 1. The third-order valence-corrected chi connectivity index (χ3v) is 6.38. The van der Waals surface area contributed by atoms with Gasteiger partial charge >= 0.3 is 0 Å². The molecule has 0 bridgehead atoms. The highest BCUT2D eigenvalue weighted by Crippen LogP contribution is 2.35. The Kier molecular flexibility index (Phi) is 7.11.